The van der Waals surface area contributed by atoms with Crippen LogP contribution in [0.4, 0.5) is 5.69 Å². The van der Waals surface area contributed by atoms with E-state index in [4.69, 9.17) is 0 Å². The fourth-order valence-corrected chi connectivity index (χ4v) is 4.14. The van der Waals surface area contributed by atoms with Gasteiger partial charge in [0.1, 0.15) is 5.69 Å². The smallest absolute Gasteiger partial charge is 0.271 e. The monoisotopic (exact) mass is 446 g/mol. The highest BCUT2D eigenvalue weighted by atomic mass is 79.9. The number of hydrogen-bond acceptors (Lipinski definition) is 4. The van der Waals surface area contributed by atoms with Crippen LogP contribution in [0.2, 0.25) is 0 Å². The number of halogens is 1. The van der Waals surface area contributed by atoms with Gasteiger partial charge in [-0.1, -0.05) is 30.3 Å². The van der Waals surface area contributed by atoms with Gasteiger partial charge in [-0.25, -0.2) is 8.42 Å². The quantitative estimate of drug-likeness (QED) is 0.627. The van der Waals surface area contributed by atoms with E-state index in [1.54, 1.807) is 42.5 Å². The van der Waals surface area contributed by atoms with Crippen molar-refractivity contribution in [1.29, 1.82) is 0 Å². The molecule has 2 aromatic carbocycles. The number of anilines is 1. The Bertz CT molecular complexity index is 1120. The van der Waals surface area contributed by atoms with Crippen LogP contribution in [0.25, 0.3) is 0 Å². The number of aromatic amines is 1. The number of H-pyrrole nitrogens is 1. The van der Waals surface area contributed by atoms with E-state index in [0.717, 1.165) is 0 Å². The number of nitrogens with one attached hydrogen (secondary N) is 2. The Morgan fingerprint density at radius 2 is 1.70 bits per heavy atom. The van der Waals surface area contributed by atoms with Gasteiger partial charge in [-0.15, -0.1) is 0 Å². The van der Waals surface area contributed by atoms with Crippen molar-refractivity contribution in [3.05, 3.63) is 92.8 Å². The molecule has 0 aliphatic carbocycles. The summed E-state index contributed by atoms with van der Waals surface area (Å²) in [6, 6.07) is 15.9. The summed E-state index contributed by atoms with van der Waals surface area (Å²) >= 11 is 3.22. The average molecular weight is 447 g/mol. The number of carbonyl (C=O) groups is 1. The summed E-state index contributed by atoms with van der Waals surface area (Å²) in [5.41, 5.74) is 0.577. The maximum Gasteiger partial charge on any atom is 0.271 e. The Morgan fingerprint density at radius 1 is 1.04 bits per heavy atom. The largest absolute Gasteiger partial charge is 0.326 e. The van der Waals surface area contributed by atoms with Gasteiger partial charge in [0.2, 0.25) is 0 Å². The molecular formula is C19H15BrN2O4S. The molecule has 3 aromatic rings. The maximum atomic E-state index is 12.4. The molecule has 6 nitrogen and oxygen atoms in total. The lowest BCUT2D eigenvalue weighted by Crippen LogP contribution is -2.19. The first-order valence-corrected chi connectivity index (χ1v) is 10.4. The molecule has 0 unspecified atom stereocenters. The van der Waals surface area contributed by atoms with Crippen molar-refractivity contribution in [3.8, 4) is 0 Å². The first-order valence-electron chi connectivity index (χ1n) is 7.91. The van der Waals surface area contributed by atoms with E-state index >= 15 is 0 Å². The number of rotatable bonds is 5. The molecule has 0 bridgehead atoms. The molecule has 0 radical (unpaired) electrons. The molecule has 0 saturated heterocycles. The Balaban J connectivity index is 1.74. The highest BCUT2D eigenvalue weighted by Crippen LogP contribution is 2.17. The molecule has 0 spiro atoms. The van der Waals surface area contributed by atoms with Gasteiger partial charge in [0.05, 0.1) is 10.6 Å². The van der Waals surface area contributed by atoms with Gasteiger partial charge in [0.25, 0.3) is 11.5 Å². The lowest BCUT2D eigenvalue weighted by Gasteiger charge is -2.07. The predicted molar refractivity (Wildman–Crippen MR) is 106 cm³/mol. The molecule has 1 aromatic heterocycles. The van der Waals surface area contributed by atoms with Crippen molar-refractivity contribution >= 4 is 37.4 Å². The lowest BCUT2D eigenvalue weighted by molar-refractivity contribution is 0.102. The molecule has 2 N–H and O–H groups in total. The molecule has 138 valence electrons. The minimum absolute atomic E-state index is 0.116. The van der Waals surface area contributed by atoms with Crippen LogP contribution in [-0.4, -0.2) is 19.3 Å². The molecule has 1 amide bonds. The van der Waals surface area contributed by atoms with Gasteiger partial charge in [0.15, 0.2) is 9.84 Å². The Hall–Kier alpha value is -2.71. The predicted octanol–water partition coefficient (Wildman–Crippen LogP) is 3.36. The molecule has 1 heterocycles. The van der Waals surface area contributed by atoms with E-state index < -0.39 is 21.3 Å². The fourth-order valence-electron chi connectivity index (χ4n) is 2.43. The summed E-state index contributed by atoms with van der Waals surface area (Å²) in [5, 5.41) is 2.53. The minimum Gasteiger partial charge on any atom is -0.326 e. The topological polar surface area (TPSA) is 96.1 Å². The maximum absolute atomic E-state index is 12.4. The third kappa shape index (κ3) is 4.72. The van der Waals surface area contributed by atoms with E-state index in [1.165, 1.54) is 24.4 Å². The zero-order chi connectivity index (χ0) is 19.4. The van der Waals surface area contributed by atoms with Gasteiger partial charge in [-0.3, -0.25) is 9.59 Å². The van der Waals surface area contributed by atoms with Crippen molar-refractivity contribution in [2.75, 3.05) is 5.32 Å². The van der Waals surface area contributed by atoms with Crippen LogP contribution in [0, 0.1) is 0 Å². The highest BCUT2D eigenvalue weighted by Gasteiger charge is 2.15. The van der Waals surface area contributed by atoms with Crippen molar-refractivity contribution in [2.45, 2.75) is 10.6 Å². The van der Waals surface area contributed by atoms with E-state index in [-0.39, 0.29) is 16.3 Å². The summed E-state index contributed by atoms with van der Waals surface area (Å²) < 4.78 is 25.4. The van der Waals surface area contributed by atoms with Gasteiger partial charge >= 0.3 is 0 Å². The minimum atomic E-state index is -3.46. The van der Waals surface area contributed by atoms with Gasteiger partial charge in [-0.2, -0.15) is 0 Å². The van der Waals surface area contributed by atoms with Crippen molar-refractivity contribution in [1.82, 2.24) is 4.98 Å². The third-order valence-electron chi connectivity index (χ3n) is 3.79. The van der Waals surface area contributed by atoms with E-state index in [9.17, 15) is 18.0 Å². The number of amides is 1. The first kappa shape index (κ1) is 19.1. The van der Waals surface area contributed by atoms with Crippen LogP contribution in [0.1, 0.15) is 15.9 Å². The summed E-state index contributed by atoms with van der Waals surface area (Å²) in [6.07, 6.45) is 1.47. The second-order valence-electron chi connectivity index (χ2n) is 5.78. The molecule has 0 atom stereocenters. The van der Waals surface area contributed by atoms with Gasteiger partial charge in [-0.05, 0) is 51.8 Å². The number of pyridine rings is 1. The van der Waals surface area contributed by atoms with Gasteiger partial charge < -0.3 is 10.3 Å². The second-order valence-corrected chi connectivity index (χ2v) is 8.69. The zero-order valence-electron chi connectivity index (χ0n) is 14.0. The Kier molecular flexibility index (Phi) is 5.57. The second kappa shape index (κ2) is 7.89. The highest BCUT2D eigenvalue weighted by molar-refractivity contribution is 9.10. The lowest BCUT2D eigenvalue weighted by atomic mass is 10.1. The molecule has 0 fully saturated rings. The van der Waals surface area contributed by atoms with Crippen LogP contribution in [-0.2, 0) is 15.6 Å². The standard InChI is InChI=1S/C19H15BrN2O4S/c20-15-10-17(19(24)21-11-15)22-18(23)14-8-6-13(7-9-14)12-27(25,26)16-4-2-1-3-5-16/h1-11H,12H2,(H,21,24)(H,22,23). The molecule has 27 heavy (non-hydrogen) atoms. The summed E-state index contributed by atoms with van der Waals surface area (Å²) in [5.74, 6) is -0.624. The molecule has 8 heteroatoms. The van der Waals surface area contributed by atoms with Crippen molar-refractivity contribution in [2.24, 2.45) is 0 Å². The van der Waals surface area contributed by atoms with Gasteiger partial charge in [0, 0.05) is 16.2 Å². The summed E-state index contributed by atoms with van der Waals surface area (Å²) in [6.45, 7) is 0. The number of sulfone groups is 1. The molecular weight excluding hydrogens is 432 g/mol. The third-order valence-corrected chi connectivity index (χ3v) is 5.95. The van der Waals surface area contributed by atoms with Crippen LogP contribution in [0.15, 0.2) is 81.0 Å². The Morgan fingerprint density at radius 3 is 2.37 bits per heavy atom. The SMILES string of the molecule is O=C(Nc1cc(Br)c[nH]c1=O)c1ccc(CS(=O)(=O)c2ccccc2)cc1. The number of hydrogen-bond donors (Lipinski definition) is 2. The van der Waals surface area contributed by atoms with E-state index in [1.807, 2.05) is 0 Å². The summed E-state index contributed by atoms with van der Waals surface area (Å²) in [7, 11) is -3.46. The zero-order valence-corrected chi connectivity index (χ0v) is 16.4. The number of carbonyl (C=O) groups excluding carboxylic acids is 1. The first-order chi connectivity index (χ1) is 12.8. The summed E-state index contributed by atoms with van der Waals surface area (Å²) in [4.78, 5) is 26.8. The van der Waals surface area contributed by atoms with Crippen LogP contribution in [0.5, 0.6) is 0 Å². The molecule has 0 aliphatic heterocycles. The van der Waals surface area contributed by atoms with Crippen LogP contribution >= 0.6 is 15.9 Å². The molecule has 0 saturated carbocycles. The van der Waals surface area contributed by atoms with Crippen molar-refractivity contribution in [3.63, 3.8) is 0 Å². The Labute approximate surface area is 164 Å². The van der Waals surface area contributed by atoms with Crippen molar-refractivity contribution < 1.29 is 13.2 Å². The number of aromatic nitrogens is 1. The number of benzene rings is 2. The molecule has 3 rings (SSSR count). The average Bonchev–Trinajstić information content (AvgIpc) is 2.66. The normalized spacial score (nSPS) is 11.1. The van der Waals surface area contributed by atoms with E-state index in [2.05, 4.69) is 26.2 Å². The van der Waals surface area contributed by atoms with Crippen LogP contribution in [0.3, 0.4) is 0 Å². The fraction of sp³-hybridized carbons (Fsp3) is 0.0526. The van der Waals surface area contributed by atoms with E-state index in [0.29, 0.717) is 15.6 Å². The molecule has 0 aliphatic rings. The van der Waals surface area contributed by atoms with Crippen LogP contribution < -0.4 is 10.9 Å².